The number of halogens is 1. The fraction of sp³-hybridized carbons (Fsp3) is 0.522. The third-order valence-electron chi connectivity index (χ3n) is 5.71. The second kappa shape index (κ2) is 11.7. The highest BCUT2D eigenvalue weighted by atomic mass is 35.5. The van der Waals surface area contributed by atoms with Crippen LogP contribution in [0.4, 0.5) is 5.82 Å². The normalized spacial score (nSPS) is 16.1. The van der Waals surface area contributed by atoms with E-state index in [0.717, 1.165) is 44.6 Å². The minimum Gasteiger partial charge on any atom is -0.356 e. The van der Waals surface area contributed by atoms with Crippen LogP contribution in [0.3, 0.4) is 0 Å². The fourth-order valence-electron chi connectivity index (χ4n) is 3.75. The maximum absolute atomic E-state index is 12.4. The predicted octanol–water partition coefficient (Wildman–Crippen LogP) is 3.89. The van der Waals surface area contributed by atoms with Crippen LogP contribution in [0.2, 0.25) is 5.15 Å². The number of carbonyl (C=O) groups excluding carboxylic acids is 1. The zero-order valence-corrected chi connectivity index (χ0v) is 20.1. The topological polar surface area (TPSA) is 61.4 Å². The molecule has 6 nitrogen and oxygen atoms in total. The lowest BCUT2D eigenvalue weighted by molar-refractivity contribution is -0.119. The van der Waals surface area contributed by atoms with Crippen molar-refractivity contribution in [2.75, 3.05) is 37.8 Å². The minimum absolute atomic E-state index is 0.0145. The van der Waals surface area contributed by atoms with Crippen molar-refractivity contribution in [3.63, 3.8) is 0 Å². The molecular weight excluding hydrogens is 430 g/mol. The molecule has 1 unspecified atom stereocenters. The molecule has 2 heterocycles. The molecule has 1 aliphatic heterocycles. The van der Waals surface area contributed by atoms with Crippen LogP contribution in [0.15, 0.2) is 41.6 Å². The molecule has 0 radical (unpaired) electrons. The quantitative estimate of drug-likeness (QED) is 0.347. The Morgan fingerprint density at radius 3 is 2.71 bits per heavy atom. The second-order valence-corrected chi connectivity index (χ2v) is 9.59. The van der Waals surface area contributed by atoms with Crippen LogP contribution in [0.5, 0.6) is 0 Å². The Morgan fingerprint density at radius 1 is 1.29 bits per heavy atom. The molecule has 1 amide bonds. The third-order valence-corrected chi connectivity index (χ3v) is 6.75. The van der Waals surface area contributed by atoms with Gasteiger partial charge in [-0.2, -0.15) is 0 Å². The number of likely N-dealkylation sites (tertiary alicyclic amines) is 1. The van der Waals surface area contributed by atoms with Gasteiger partial charge in [-0.05, 0) is 58.3 Å². The third kappa shape index (κ3) is 7.66. The molecule has 1 aliphatic rings. The van der Waals surface area contributed by atoms with Crippen LogP contribution < -0.4 is 10.2 Å². The Labute approximate surface area is 194 Å². The van der Waals surface area contributed by atoms with Crippen molar-refractivity contribution < 1.29 is 4.79 Å². The first-order chi connectivity index (χ1) is 14.9. The van der Waals surface area contributed by atoms with Crippen LogP contribution in [-0.4, -0.2) is 65.8 Å². The lowest BCUT2D eigenvalue weighted by Gasteiger charge is -2.35. The first-order valence-electron chi connectivity index (χ1n) is 10.8. The van der Waals surface area contributed by atoms with Gasteiger partial charge in [-0.1, -0.05) is 53.7 Å². The van der Waals surface area contributed by atoms with E-state index in [1.807, 2.05) is 25.1 Å². The highest BCUT2D eigenvalue weighted by Gasteiger charge is 2.22. The maximum Gasteiger partial charge on any atom is 0.230 e. The largest absolute Gasteiger partial charge is 0.356 e. The molecule has 1 N–H and O–H groups in total. The highest BCUT2D eigenvalue weighted by Crippen LogP contribution is 2.25. The zero-order chi connectivity index (χ0) is 22.2. The second-order valence-electron chi connectivity index (χ2n) is 8.26. The van der Waals surface area contributed by atoms with Gasteiger partial charge in [0.15, 0.2) is 5.16 Å². The molecular formula is C23H32ClN5OS. The van der Waals surface area contributed by atoms with Gasteiger partial charge in [-0.3, -0.25) is 4.79 Å². The van der Waals surface area contributed by atoms with Gasteiger partial charge < -0.3 is 15.1 Å². The summed E-state index contributed by atoms with van der Waals surface area (Å²) in [5.41, 5.74) is 1.28. The lowest BCUT2D eigenvalue weighted by atomic mass is 10.0. The molecule has 8 heteroatoms. The van der Waals surface area contributed by atoms with Gasteiger partial charge in [0.2, 0.25) is 5.91 Å². The molecule has 168 valence electrons. The van der Waals surface area contributed by atoms with E-state index in [9.17, 15) is 4.79 Å². The number of hydrogen-bond donors (Lipinski definition) is 1. The highest BCUT2D eigenvalue weighted by molar-refractivity contribution is 7.99. The standard InChI is InChI=1S/C23H32ClN5OS/c1-17(9-10-18-7-5-4-6-8-18)25-22(30)16-31-23-26-20(24)15-21(27-23)29(3)19-11-13-28(2)14-12-19/h4-8,15,17,19H,9-14,16H2,1-3H3,(H,25,30). The zero-order valence-electron chi connectivity index (χ0n) is 18.6. The number of amides is 1. The molecule has 3 rings (SSSR count). The number of carbonyl (C=O) groups is 1. The Morgan fingerprint density at radius 2 is 2.00 bits per heavy atom. The summed E-state index contributed by atoms with van der Waals surface area (Å²) in [6.45, 7) is 4.20. The van der Waals surface area contributed by atoms with Crippen molar-refractivity contribution in [1.82, 2.24) is 20.2 Å². The summed E-state index contributed by atoms with van der Waals surface area (Å²) in [6.07, 6.45) is 4.04. The summed E-state index contributed by atoms with van der Waals surface area (Å²) < 4.78 is 0. The average molecular weight is 462 g/mol. The molecule has 0 spiro atoms. The molecule has 2 aromatic rings. The van der Waals surface area contributed by atoms with Gasteiger partial charge in [-0.25, -0.2) is 9.97 Å². The van der Waals surface area contributed by atoms with E-state index >= 15 is 0 Å². The lowest BCUT2D eigenvalue weighted by Crippen LogP contribution is -2.42. The predicted molar refractivity (Wildman–Crippen MR) is 129 cm³/mol. The van der Waals surface area contributed by atoms with Crippen LogP contribution >= 0.6 is 23.4 Å². The number of nitrogens with zero attached hydrogens (tertiary/aromatic N) is 4. The van der Waals surface area contributed by atoms with Crippen molar-refractivity contribution in [3.05, 3.63) is 47.1 Å². The Hall–Kier alpha value is -1.83. The number of rotatable bonds is 9. The van der Waals surface area contributed by atoms with Crippen LogP contribution in [0.25, 0.3) is 0 Å². The number of nitrogens with one attached hydrogen (secondary N) is 1. The van der Waals surface area contributed by atoms with Crippen molar-refractivity contribution in [3.8, 4) is 0 Å². The van der Waals surface area contributed by atoms with Crippen molar-refractivity contribution in [1.29, 1.82) is 0 Å². The van der Waals surface area contributed by atoms with E-state index in [1.54, 1.807) is 6.07 Å². The first-order valence-corrected chi connectivity index (χ1v) is 12.2. The fourth-order valence-corrected chi connectivity index (χ4v) is 4.64. The van der Waals surface area contributed by atoms with Gasteiger partial charge in [0.25, 0.3) is 0 Å². The van der Waals surface area contributed by atoms with Crippen LogP contribution in [0, 0.1) is 0 Å². The minimum atomic E-state index is -0.0145. The van der Waals surface area contributed by atoms with Gasteiger partial charge in [0.1, 0.15) is 11.0 Å². The number of benzene rings is 1. The smallest absolute Gasteiger partial charge is 0.230 e. The van der Waals surface area contributed by atoms with Crippen molar-refractivity contribution >= 4 is 35.1 Å². The van der Waals surface area contributed by atoms with Gasteiger partial charge in [-0.15, -0.1) is 0 Å². The number of anilines is 1. The maximum atomic E-state index is 12.4. The van der Waals surface area contributed by atoms with E-state index < -0.39 is 0 Å². The molecule has 31 heavy (non-hydrogen) atoms. The molecule has 1 atom stereocenters. The van der Waals surface area contributed by atoms with Gasteiger partial charge >= 0.3 is 0 Å². The molecule has 1 saturated heterocycles. The van der Waals surface area contributed by atoms with E-state index in [2.05, 4.69) is 51.3 Å². The molecule has 1 aromatic carbocycles. The Balaban J connectivity index is 1.48. The Bertz CT molecular complexity index is 845. The number of thioether (sulfide) groups is 1. The summed E-state index contributed by atoms with van der Waals surface area (Å²) in [7, 11) is 4.21. The number of piperidine rings is 1. The summed E-state index contributed by atoms with van der Waals surface area (Å²) >= 11 is 7.58. The average Bonchev–Trinajstić information content (AvgIpc) is 2.77. The molecule has 1 aromatic heterocycles. The van der Waals surface area contributed by atoms with Crippen LogP contribution in [-0.2, 0) is 11.2 Å². The van der Waals surface area contributed by atoms with E-state index in [4.69, 9.17) is 11.6 Å². The van der Waals surface area contributed by atoms with Gasteiger partial charge in [0, 0.05) is 25.2 Å². The molecule has 1 fully saturated rings. The summed E-state index contributed by atoms with van der Waals surface area (Å²) in [5, 5.41) is 4.01. The van der Waals surface area contributed by atoms with E-state index in [0.29, 0.717) is 16.4 Å². The van der Waals surface area contributed by atoms with E-state index in [1.165, 1.54) is 17.3 Å². The summed E-state index contributed by atoms with van der Waals surface area (Å²) in [6, 6.07) is 12.7. The van der Waals surface area contributed by atoms with Crippen molar-refractivity contribution in [2.24, 2.45) is 0 Å². The number of aromatic nitrogens is 2. The monoisotopic (exact) mass is 461 g/mol. The summed E-state index contributed by atoms with van der Waals surface area (Å²) in [5.74, 6) is 1.07. The first kappa shape index (κ1) is 23.8. The summed E-state index contributed by atoms with van der Waals surface area (Å²) in [4.78, 5) is 25.9. The molecule has 0 saturated carbocycles. The number of hydrogen-bond acceptors (Lipinski definition) is 6. The molecule has 0 bridgehead atoms. The van der Waals surface area contributed by atoms with Gasteiger partial charge in [0.05, 0.1) is 5.75 Å². The van der Waals surface area contributed by atoms with Crippen LogP contribution in [0.1, 0.15) is 31.7 Å². The SMILES string of the molecule is CC(CCc1ccccc1)NC(=O)CSc1nc(Cl)cc(N(C)C2CCN(C)CC2)n1. The number of aryl methyl sites for hydroxylation is 1. The van der Waals surface area contributed by atoms with E-state index in [-0.39, 0.29) is 17.7 Å². The molecule has 0 aliphatic carbocycles. The van der Waals surface area contributed by atoms with Crippen molar-refractivity contribution in [2.45, 2.75) is 49.8 Å². The Kier molecular flexibility index (Phi) is 8.99.